The van der Waals surface area contributed by atoms with Crippen LogP contribution in [0.3, 0.4) is 0 Å². The molecule has 0 spiro atoms. The number of nitrogens with one attached hydrogen (secondary N) is 1. The molecule has 1 aromatic carbocycles. The first kappa shape index (κ1) is 18.1. The standard InChI is InChI=1S/C15H21ClN2O2.ClH/c16-11-15(19)17-12-13-3-5-14(6-4-13)20-10-9-18-7-1-2-8-18;/h3-6H,1-2,7-12H2,(H,17,19);1H. The Kier molecular flexibility index (Phi) is 8.50. The first-order valence-electron chi connectivity index (χ1n) is 7.04. The monoisotopic (exact) mass is 332 g/mol. The third-order valence-electron chi connectivity index (χ3n) is 3.41. The molecule has 1 saturated heterocycles. The van der Waals surface area contributed by atoms with Gasteiger partial charge in [0.15, 0.2) is 0 Å². The second-order valence-corrected chi connectivity index (χ2v) is 5.22. The van der Waals surface area contributed by atoms with E-state index in [0.29, 0.717) is 6.54 Å². The summed E-state index contributed by atoms with van der Waals surface area (Å²) >= 11 is 5.42. The van der Waals surface area contributed by atoms with Crippen molar-refractivity contribution in [3.63, 3.8) is 0 Å². The highest BCUT2D eigenvalue weighted by Crippen LogP contribution is 2.13. The van der Waals surface area contributed by atoms with Gasteiger partial charge in [-0.3, -0.25) is 9.69 Å². The molecular formula is C15H22Cl2N2O2. The van der Waals surface area contributed by atoms with Crippen LogP contribution in [0, 0.1) is 0 Å². The zero-order chi connectivity index (χ0) is 14.2. The molecule has 4 nitrogen and oxygen atoms in total. The van der Waals surface area contributed by atoms with Crippen LogP contribution in [-0.2, 0) is 11.3 Å². The van der Waals surface area contributed by atoms with Crippen molar-refractivity contribution >= 4 is 29.9 Å². The van der Waals surface area contributed by atoms with Crippen molar-refractivity contribution in [2.24, 2.45) is 0 Å². The lowest BCUT2D eigenvalue weighted by molar-refractivity contribution is -0.118. The van der Waals surface area contributed by atoms with E-state index >= 15 is 0 Å². The number of likely N-dealkylation sites (tertiary alicyclic amines) is 1. The van der Waals surface area contributed by atoms with E-state index in [9.17, 15) is 4.79 Å². The molecule has 1 amide bonds. The maximum atomic E-state index is 11.0. The van der Waals surface area contributed by atoms with Gasteiger partial charge in [-0.05, 0) is 43.6 Å². The van der Waals surface area contributed by atoms with Crippen LogP contribution in [0.25, 0.3) is 0 Å². The maximum absolute atomic E-state index is 11.0. The van der Waals surface area contributed by atoms with Crippen LogP contribution in [0.4, 0.5) is 0 Å². The van der Waals surface area contributed by atoms with Crippen molar-refractivity contribution in [2.75, 3.05) is 32.1 Å². The summed E-state index contributed by atoms with van der Waals surface area (Å²) in [5.74, 6) is 0.715. The van der Waals surface area contributed by atoms with Gasteiger partial charge >= 0.3 is 0 Å². The summed E-state index contributed by atoms with van der Waals surface area (Å²) in [6, 6.07) is 7.79. The minimum atomic E-state index is -0.155. The maximum Gasteiger partial charge on any atom is 0.235 e. The Morgan fingerprint density at radius 1 is 1.24 bits per heavy atom. The molecule has 1 aliphatic rings. The summed E-state index contributed by atoms with van der Waals surface area (Å²) in [6.45, 7) is 4.61. The fourth-order valence-corrected chi connectivity index (χ4v) is 2.34. The molecule has 1 aliphatic heterocycles. The summed E-state index contributed by atoms with van der Waals surface area (Å²) in [5.41, 5.74) is 1.04. The average Bonchev–Trinajstić information content (AvgIpc) is 2.99. The first-order chi connectivity index (χ1) is 9.78. The fraction of sp³-hybridized carbons (Fsp3) is 0.533. The third kappa shape index (κ3) is 6.55. The van der Waals surface area contributed by atoms with Crippen LogP contribution < -0.4 is 10.1 Å². The molecule has 118 valence electrons. The van der Waals surface area contributed by atoms with E-state index in [1.165, 1.54) is 25.9 Å². The van der Waals surface area contributed by atoms with Gasteiger partial charge in [0.05, 0.1) is 0 Å². The number of alkyl halides is 1. The number of amides is 1. The number of carbonyl (C=O) groups excluding carboxylic acids is 1. The Labute approximate surface area is 137 Å². The lowest BCUT2D eigenvalue weighted by Gasteiger charge is -2.15. The van der Waals surface area contributed by atoms with Crippen molar-refractivity contribution in [3.05, 3.63) is 29.8 Å². The van der Waals surface area contributed by atoms with Gasteiger partial charge in [0.1, 0.15) is 18.2 Å². The Morgan fingerprint density at radius 3 is 2.52 bits per heavy atom. The van der Waals surface area contributed by atoms with Crippen LogP contribution in [0.5, 0.6) is 5.75 Å². The molecule has 1 N–H and O–H groups in total. The highest BCUT2D eigenvalue weighted by molar-refractivity contribution is 6.27. The predicted molar refractivity (Wildman–Crippen MR) is 87.4 cm³/mol. The summed E-state index contributed by atoms with van der Waals surface area (Å²) in [4.78, 5) is 13.5. The molecule has 0 atom stereocenters. The Morgan fingerprint density at radius 2 is 1.90 bits per heavy atom. The summed E-state index contributed by atoms with van der Waals surface area (Å²) < 4.78 is 5.72. The highest BCUT2D eigenvalue weighted by Gasteiger charge is 2.10. The van der Waals surface area contributed by atoms with E-state index < -0.39 is 0 Å². The molecule has 6 heteroatoms. The topological polar surface area (TPSA) is 41.6 Å². The molecule has 2 rings (SSSR count). The van der Waals surface area contributed by atoms with Crippen molar-refractivity contribution in [3.8, 4) is 5.75 Å². The van der Waals surface area contributed by atoms with Crippen LogP contribution in [0.15, 0.2) is 24.3 Å². The molecule has 1 fully saturated rings. The van der Waals surface area contributed by atoms with Crippen LogP contribution in [0.1, 0.15) is 18.4 Å². The quantitative estimate of drug-likeness (QED) is 0.780. The van der Waals surface area contributed by atoms with Gasteiger partial charge in [-0.2, -0.15) is 0 Å². The normalized spacial score (nSPS) is 14.5. The molecule has 1 heterocycles. The minimum Gasteiger partial charge on any atom is -0.492 e. The SMILES string of the molecule is Cl.O=C(CCl)NCc1ccc(OCCN2CCCC2)cc1. The molecular weight excluding hydrogens is 311 g/mol. The second kappa shape index (κ2) is 9.87. The van der Waals surface area contributed by atoms with E-state index in [-0.39, 0.29) is 24.2 Å². The molecule has 0 unspecified atom stereocenters. The summed E-state index contributed by atoms with van der Waals surface area (Å²) in [5, 5.41) is 2.73. The van der Waals surface area contributed by atoms with Gasteiger partial charge in [0.25, 0.3) is 0 Å². The Balaban J connectivity index is 0.00000220. The summed E-state index contributed by atoms with van der Waals surface area (Å²) in [7, 11) is 0. The van der Waals surface area contributed by atoms with Gasteiger partial charge in [-0.25, -0.2) is 0 Å². The average molecular weight is 333 g/mol. The van der Waals surface area contributed by atoms with E-state index in [4.69, 9.17) is 16.3 Å². The Bertz CT molecular complexity index is 420. The van der Waals surface area contributed by atoms with E-state index in [1.807, 2.05) is 24.3 Å². The minimum absolute atomic E-state index is 0. The molecule has 0 aromatic heterocycles. The van der Waals surface area contributed by atoms with E-state index in [2.05, 4.69) is 10.2 Å². The zero-order valence-electron chi connectivity index (χ0n) is 12.0. The molecule has 0 bridgehead atoms. The van der Waals surface area contributed by atoms with Crippen molar-refractivity contribution in [1.82, 2.24) is 10.2 Å². The number of rotatable bonds is 7. The number of hydrogen-bond donors (Lipinski definition) is 1. The van der Waals surface area contributed by atoms with Gasteiger partial charge in [-0.1, -0.05) is 12.1 Å². The zero-order valence-corrected chi connectivity index (χ0v) is 13.6. The highest BCUT2D eigenvalue weighted by atomic mass is 35.5. The van der Waals surface area contributed by atoms with Crippen LogP contribution >= 0.6 is 24.0 Å². The van der Waals surface area contributed by atoms with E-state index in [1.54, 1.807) is 0 Å². The molecule has 0 aliphatic carbocycles. The van der Waals surface area contributed by atoms with Gasteiger partial charge < -0.3 is 10.1 Å². The predicted octanol–water partition coefficient (Wildman–Crippen LogP) is 2.44. The number of ether oxygens (including phenoxy) is 1. The number of benzene rings is 1. The first-order valence-corrected chi connectivity index (χ1v) is 7.58. The van der Waals surface area contributed by atoms with Crippen LogP contribution in [-0.4, -0.2) is 42.9 Å². The number of hydrogen-bond acceptors (Lipinski definition) is 3. The molecule has 21 heavy (non-hydrogen) atoms. The number of carbonyl (C=O) groups is 1. The summed E-state index contributed by atoms with van der Waals surface area (Å²) in [6.07, 6.45) is 2.62. The van der Waals surface area contributed by atoms with Crippen molar-refractivity contribution in [1.29, 1.82) is 0 Å². The fourth-order valence-electron chi connectivity index (χ4n) is 2.25. The number of halogens is 2. The van der Waals surface area contributed by atoms with Gasteiger partial charge in [0, 0.05) is 13.1 Å². The molecule has 0 radical (unpaired) electrons. The van der Waals surface area contributed by atoms with Crippen molar-refractivity contribution in [2.45, 2.75) is 19.4 Å². The molecule has 1 aromatic rings. The lowest BCUT2D eigenvalue weighted by atomic mass is 10.2. The molecule has 0 saturated carbocycles. The van der Waals surface area contributed by atoms with Gasteiger partial charge in [0.2, 0.25) is 5.91 Å². The number of nitrogens with zero attached hydrogens (tertiary/aromatic N) is 1. The van der Waals surface area contributed by atoms with E-state index in [0.717, 1.165) is 24.5 Å². The third-order valence-corrected chi connectivity index (χ3v) is 3.65. The van der Waals surface area contributed by atoms with Crippen molar-refractivity contribution < 1.29 is 9.53 Å². The largest absolute Gasteiger partial charge is 0.492 e. The second-order valence-electron chi connectivity index (χ2n) is 4.95. The van der Waals surface area contributed by atoms with Gasteiger partial charge in [-0.15, -0.1) is 24.0 Å². The Hall–Kier alpha value is -0.970. The lowest BCUT2D eigenvalue weighted by Crippen LogP contribution is -2.25. The van der Waals surface area contributed by atoms with Crippen LogP contribution in [0.2, 0.25) is 0 Å². The smallest absolute Gasteiger partial charge is 0.235 e.